The Hall–Kier alpha value is -0.230. The van der Waals surface area contributed by atoms with E-state index in [1.165, 1.54) is 0 Å². The molecule has 19 heavy (non-hydrogen) atoms. The summed E-state index contributed by atoms with van der Waals surface area (Å²) in [5, 5.41) is 3.32. The molecule has 0 spiro atoms. The molecule has 1 aromatic heterocycles. The molecule has 1 unspecified atom stereocenters. The van der Waals surface area contributed by atoms with Crippen LogP contribution in [0.4, 0.5) is 4.39 Å². The van der Waals surface area contributed by atoms with E-state index in [0.717, 1.165) is 29.8 Å². The van der Waals surface area contributed by atoms with Gasteiger partial charge in [0.05, 0.1) is 13.6 Å². The van der Waals surface area contributed by atoms with Gasteiger partial charge < -0.3 is 5.32 Å². The van der Waals surface area contributed by atoms with Crippen LogP contribution in [-0.2, 0) is 0 Å². The first kappa shape index (κ1) is 15.2. The molecule has 102 valence electrons. The number of hydrogen-bond acceptors (Lipinski definition) is 2. The molecule has 0 aliphatic heterocycles. The fourth-order valence-corrected chi connectivity index (χ4v) is 5.28. The monoisotopic (exact) mass is 405 g/mol. The molecule has 0 amide bonds. The predicted molar refractivity (Wildman–Crippen MR) is 86.5 cm³/mol. The number of rotatable bonds is 3. The van der Waals surface area contributed by atoms with Gasteiger partial charge in [0.1, 0.15) is 5.82 Å². The molecule has 2 aromatic rings. The van der Waals surface area contributed by atoms with Gasteiger partial charge in [-0.1, -0.05) is 0 Å². The van der Waals surface area contributed by atoms with Gasteiger partial charge in [-0.15, -0.1) is 11.3 Å². The van der Waals surface area contributed by atoms with Crippen LogP contribution >= 0.6 is 43.2 Å². The quantitative estimate of drug-likeness (QED) is 0.725. The van der Waals surface area contributed by atoms with E-state index in [1.807, 2.05) is 20.9 Å². The van der Waals surface area contributed by atoms with Crippen LogP contribution in [0.15, 0.2) is 25.8 Å². The number of hydrogen-bond donors (Lipinski definition) is 1. The van der Waals surface area contributed by atoms with E-state index in [0.29, 0.717) is 0 Å². The van der Waals surface area contributed by atoms with Crippen LogP contribution in [-0.4, -0.2) is 7.05 Å². The van der Waals surface area contributed by atoms with Crippen LogP contribution in [0.25, 0.3) is 0 Å². The van der Waals surface area contributed by atoms with Gasteiger partial charge in [-0.3, -0.25) is 0 Å². The number of aryl methyl sites for hydroxylation is 2. The van der Waals surface area contributed by atoms with E-state index in [4.69, 9.17) is 0 Å². The summed E-state index contributed by atoms with van der Waals surface area (Å²) in [5.74, 6) is -0.181. The molecular weight excluding hydrogens is 393 g/mol. The van der Waals surface area contributed by atoms with Crippen molar-refractivity contribution < 1.29 is 4.39 Å². The summed E-state index contributed by atoms with van der Waals surface area (Å²) in [6, 6.07) is 5.32. The highest BCUT2D eigenvalue weighted by molar-refractivity contribution is 9.12. The van der Waals surface area contributed by atoms with Crippen molar-refractivity contribution in [1.82, 2.24) is 5.32 Å². The zero-order valence-electron chi connectivity index (χ0n) is 10.9. The SMILES string of the molecule is CNC(c1cc(Br)sc1Br)c1c(C)cc(F)cc1C. The maximum absolute atomic E-state index is 13.4. The van der Waals surface area contributed by atoms with Gasteiger partial charge in [0.15, 0.2) is 0 Å². The van der Waals surface area contributed by atoms with Crippen molar-refractivity contribution in [1.29, 1.82) is 0 Å². The Bertz CT molecular complexity index is 586. The minimum absolute atomic E-state index is 0.0533. The lowest BCUT2D eigenvalue weighted by molar-refractivity contribution is 0.618. The van der Waals surface area contributed by atoms with Gasteiger partial charge >= 0.3 is 0 Å². The molecule has 0 bridgehead atoms. The Balaban J connectivity index is 2.57. The highest BCUT2D eigenvalue weighted by Gasteiger charge is 2.21. The molecule has 0 saturated carbocycles. The normalized spacial score (nSPS) is 12.7. The summed E-state index contributed by atoms with van der Waals surface area (Å²) < 4.78 is 15.6. The van der Waals surface area contributed by atoms with Crippen LogP contribution in [0.2, 0.25) is 0 Å². The highest BCUT2D eigenvalue weighted by atomic mass is 79.9. The largest absolute Gasteiger partial charge is 0.309 e. The fraction of sp³-hybridized carbons (Fsp3) is 0.286. The van der Waals surface area contributed by atoms with E-state index in [2.05, 4.69) is 43.2 Å². The number of benzene rings is 1. The summed E-state index contributed by atoms with van der Waals surface area (Å²) in [6.07, 6.45) is 0. The minimum Gasteiger partial charge on any atom is -0.309 e. The summed E-state index contributed by atoms with van der Waals surface area (Å²) >= 11 is 8.74. The number of nitrogens with one attached hydrogen (secondary N) is 1. The second-order valence-electron chi connectivity index (χ2n) is 4.45. The topological polar surface area (TPSA) is 12.0 Å². The third kappa shape index (κ3) is 3.10. The van der Waals surface area contributed by atoms with E-state index in [-0.39, 0.29) is 11.9 Å². The lowest BCUT2D eigenvalue weighted by atomic mass is 9.92. The lowest BCUT2D eigenvalue weighted by Gasteiger charge is -2.21. The Labute approximate surface area is 133 Å². The van der Waals surface area contributed by atoms with E-state index in [1.54, 1.807) is 23.5 Å². The summed E-state index contributed by atoms with van der Waals surface area (Å²) in [7, 11) is 1.92. The zero-order chi connectivity index (χ0) is 14.2. The van der Waals surface area contributed by atoms with Crippen molar-refractivity contribution in [2.45, 2.75) is 19.9 Å². The first-order valence-electron chi connectivity index (χ1n) is 5.82. The van der Waals surface area contributed by atoms with Crippen LogP contribution in [0.3, 0.4) is 0 Å². The Morgan fingerprint density at radius 3 is 2.16 bits per heavy atom. The molecule has 0 saturated heterocycles. The standard InChI is InChI=1S/C14H14Br2FNS/c1-7-4-9(17)5-8(2)12(7)13(18-3)10-6-11(15)19-14(10)16/h4-6,13,18H,1-3H3. The second-order valence-corrected chi connectivity index (χ2v) is 8.20. The molecule has 5 heteroatoms. The van der Waals surface area contributed by atoms with Gasteiger partial charge in [-0.2, -0.15) is 0 Å². The molecule has 1 aromatic carbocycles. The highest BCUT2D eigenvalue weighted by Crippen LogP contribution is 2.39. The smallest absolute Gasteiger partial charge is 0.123 e. The molecule has 2 rings (SSSR count). The third-order valence-corrected chi connectivity index (χ3v) is 5.52. The van der Waals surface area contributed by atoms with Gasteiger partial charge in [0.25, 0.3) is 0 Å². The van der Waals surface area contributed by atoms with Crippen LogP contribution < -0.4 is 5.32 Å². The third-order valence-electron chi connectivity index (χ3n) is 3.13. The maximum Gasteiger partial charge on any atom is 0.123 e. The first-order chi connectivity index (χ1) is 8.93. The molecule has 0 radical (unpaired) electrons. The molecule has 1 nitrogen and oxygen atoms in total. The molecular formula is C14H14Br2FNS. The van der Waals surface area contributed by atoms with Crippen molar-refractivity contribution in [2.75, 3.05) is 7.05 Å². The number of halogens is 3. The van der Waals surface area contributed by atoms with Crippen molar-refractivity contribution in [3.05, 3.63) is 53.8 Å². The first-order valence-corrected chi connectivity index (χ1v) is 8.23. The molecule has 1 heterocycles. The van der Waals surface area contributed by atoms with Gasteiger partial charge in [0, 0.05) is 0 Å². The van der Waals surface area contributed by atoms with E-state index in [9.17, 15) is 4.39 Å². The van der Waals surface area contributed by atoms with Gasteiger partial charge in [0.2, 0.25) is 0 Å². The summed E-state index contributed by atoms with van der Waals surface area (Å²) in [4.78, 5) is 0. The zero-order valence-corrected chi connectivity index (χ0v) is 14.8. The Kier molecular flexibility index (Phi) is 4.82. The fourth-order valence-electron chi connectivity index (χ4n) is 2.38. The van der Waals surface area contributed by atoms with E-state index < -0.39 is 0 Å². The maximum atomic E-state index is 13.4. The van der Waals surface area contributed by atoms with Crippen molar-refractivity contribution in [3.8, 4) is 0 Å². The van der Waals surface area contributed by atoms with Crippen molar-refractivity contribution in [3.63, 3.8) is 0 Å². The minimum atomic E-state index is -0.181. The molecule has 0 aliphatic carbocycles. The average Bonchev–Trinajstić information content (AvgIpc) is 2.62. The lowest BCUT2D eigenvalue weighted by Crippen LogP contribution is -2.19. The molecule has 0 fully saturated rings. The van der Waals surface area contributed by atoms with Gasteiger partial charge in [-0.05, 0) is 93.2 Å². The van der Waals surface area contributed by atoms with Crippen LogP contribution in [0.1, 0.15) is 28.3 Å². The summed E-state index contributed by atoms with van der Waals surface area (Å²) in [5.41, 5.74) is 4.23. The van der Waals surface area contributed by atoms with Crippen molar-refractivity contribution >= 4 is 43.2 Å². The molecule has 0 aliphatic rings. The van der Waals surface area contributed by atoms with Gasteiger partial charge in [-0.25, -0.2) is 4.39 Å². The Morgan fingerprint density at radius 1 is 1.16 bits per heavy atom. The Morgan fingerprint density at radius 2 is 1.74 bits per heavy atom. The van der Waals surface area contributed by atoms with Crippen molar-refractivity contribution in [2.24, 2.45) is 0 Å². The summed E-state index contributed by atoms with van der Waals surface area (Å²) in [6.45, 7) is 3.90. The molecule has 1 N–H and O–H groups in total. The molecule has 1 atom stereocenters. The number of thiophene rings is 1. The van der Waals surface area contributed by atoms with E-state index >= 15 is 0 Å². The van der Waals surface area contributed by atoms with Crippen LogP contribution in [0, 0.1) is 19.7 Å². The predicted octanol–water partition coefficient (Wildman–Crippen LogP) is 5.34. The second kappa shape index (κ2) is 6.04. The van der Waals surface area contributed by atoms with Crippen LogP contribution in [0.5, 0.6) is 0 Å². The average molecular weight is 407 g/mol.